The first-order valence-corrected chi connectivity index (χ1v) is 7.89. The summed E-state index contributed by atoms with van der Waals surface area (Å²) >= 11 is 0. The Morgan fingerprint density at radius 1 is 0.667 bits per heavy atom. The fraction of sp³-hybridized carbons (Fsp3) is 0.706. The molecule has 0 spiro atoms. The number of hydrogen-bond acceptors (Lipinski definition) is 1. The second-order valence-corrected chi connectivity index (χ2v) is 6.09. The lowest BCUT2D eigenvalue weighted by molar-refractivity contribution is 0.457. The molecule has 0 atom stereocenters. The van der Waals surface area contributed by atoms with Crippen molar-refractivity contribution in [2.75, 3.05) is 0 Å². The summed E-state index contributed by atoms with van der Waals surface area (Å²) in [4.78, 5) is 0. The standard InChI is InChI=1S/C17H25O/c18-17-15-11-7-3-1-5-9-13(15)14-10-6-2-4-8-12-16(14)17/h18H,1-12H2/q-1. The number of hydrogen-bond donors (Lipinski definition) is 1. The average molecular weight is 245 g/mol. The van der Waals surface area contributed by atoms with Gasteiger partial charge in [0.25, 0.3) is 0 Å². The molecule has 0 saturated carbocycles. The third-order valence-electron chi connectivity index (χ3n) is 4.87. The minimum atomic E-state index is 0.698. The predicted molar refractivity (Wildman–Crippen MR) is 75.5 cm³/mol. The molecule has 2 aliphatic carbocycles. The molecule has 100 valence electrons. The molecule has 0 aliphatic heterocycles. The van der Waals surface area contributed by atoms with Gasteiger partial charge in [-0.3, -0.25) is 0 Å². The van der Waals surface area contributed by atoms with Gasteiger partial charge in [0.1, 0.15) is 0 Å². The first-order valence-electron chi connectivity index (χ1n) is 7.89. The lowest BCUT2D eigenvalue weighted by Crippen LogP contribution is -2.01. The molecule has 0 heterocycles. The van der Waals surface area contributed by atoms with Crippen LogP contribution in [-0.2, 0) is 25.7 Å². The van der Waals surface area contributed by atoms with E-state index >= 15 is 0 Å². The Balaban J connectivity index is 2.02. The summed E-state index contributed by atoms with van der Waals surface area (Å²) in [6, 6.07) is 0. The second-order valence-electron chi connectivity index (χ2n) is 6.09. The third-order valence-corrected chi connectivity index (χ3v) is 4.87. The maximum Gasteiger partial charge on any atom is -0.0315 e. The van der Waals surface area contributed by atoms with Crippen molar-refractivity contribution in [3.63, 3.8) is 0 Å². The largest absolute Gasteiger partial charge is 0.577 e. The van der Waals surface area contributed by atoms with Gasteiger partial charge in [0.2, 0.25) is 0 Å². The quantitative estimate of drug-likeness (QED) is 0.670. The van der Waals surface area contributed by atoms with E-state index in [1.807, 2.05) is 0 Å². The van der Waals surface area contributed by atoms with Crippen LogP contribution in [0.25, 0.3) is 0 Å². The van der Waals surface area contributed by atoms with E-state index < -0.39 is 0 Å². The molecule has 0 bridgehead atoms. The summed E-state index contributed by atoms with van der Waals surface area (Å²) in [7, 11) is 0. The van der Waals surface area contributed by atoms with Crippen molar-refractivity contribution in [1.29, 1.82) is 0 Å². The summed E-state index contributed by atoms with van der Waals surface area (Å²) in [5, 5.41) is 10.6. The van der Waals surface area contributed by atoms with Gasteiger partial charge >= 0.3 is 0 Å². The highest BCUT2D eigenvalue weighted by Gasteiger charge is 2.15. The molecule has 0 aromatic heterocycles. The molecule has 1 N–H and O–H groups in total. The van der Waals surface area contributed by atoms with Crippen molar-refractivity contribution in [1.82, 2.24) is 0 Å². The van der Waals surface area contributed by atoms with Gasteiger partial charge in [-0.15, -0.1) is 11.1 Å². The fourth-order valence-corrected chi connectivity index (χ4v) is 3.89. The van der Waals surface area contributed by atoms with Crippen molar-refractivity contribution in [2.45, 2.75) is 77.0 Å². The molecular weight excluding hydrogens is 220 g/mol. The van der Waals surface area contributed by atoms with Crippen LogP contribution in [0.1, 0.15) is 73.6 Å². The lowest BCUT2D eigenvalue weighted by atomic mass is 9.91. The highest BCUT2D eigenvalue weighted by molar-refractivity contribution is 5.56. The van der Waals surface area contributed by atoms with Crippen molar-refractivity contribution in [3.05, 3.63) is 22.3 Å². The van der Waals surface area contributed by atoms with Crippen molar-refractivity contribution in [3.8, 4) is 5.75 Å². The summed E-state index contributed by atoms with van der Waals surface area (Å²) in [6.45, 7) is 0. The van der Waals surface area contributed by atoms with Gasteiger partial charge in [0.05, 0.1) is 0 Å². The van der Waals surface area contributed by atoms with E-state index in [2.05, 4.69) is 0 Å². The molecule has 18 heavy (non-hydrogen) atoms. The van der Waals surface area contributed by atoms with Gasteiger partial charge < -0.3 is 5.11 Å². The van der Waals surface area contributed by atoms with Crippen LogP contribution < -0.4 is 0 Å². The zero-order valence-corrected chi connectivity index (χ0v) is 11.4. The Kier molecular flexibility index (Phi) is 3.67. The molecular formula is C17H25O-. The van der Waals surface area contributed by atoms with Gasteiger partial charge in [0.15, 0.2) is 0 Å². The van der Waals surface area contributed by atoms with E-state index in [1.54, 1.807) is 11.1 Å². The number of rotatable bonds is 0. The Labute approximate surface area is 111 Å². The Morgan fingerprint density at radius 2 is 1.28 bits per heavy atom. The van der Waals surface area contributed by atoms with Gasteiger partial charge in [-0.1, -0.05) is 70.6 Å². The SMILES string of the molecule is Oc1c2c([c-]3c1CCCCCC3)CCCCCC2. The van der Waals surface area contributed by atoms with Crippen LogP contribution in [-0.4, -0.2) is 5.11 Å². The molecule has 2 aliphatic rings. The maximum absolute atomic E-state index is 10.6. The Bertz CT molecular complexity index is 376. The van der Waals surface area contributed by atoms with E-state index in [4.69, 9.17) is 0 Å². The summed E-state index contributed by atoms with van der Waals surface area (Å²) < 4.78 is 0. The smallest absolute Gasteiger partial charge is 0.0315 e. The van der Waals surface area contributed by atoms with Crippen molar-refractivity contribution in [2.24, 2.45) is 0 Å². The summed E-state index contributed by atoms with van der Waals surface area (Å²) in [5.74, 6) is 0.698. The minimum Gasteiger partial charge on any atom is -0.577 e. The van der Waals surface area contributed by atoms with E-state index in [0.717, 1.165) is 12.8 Å². The van der Waals surface area contributed by atoms with Gasteiger partial charge in [0, 0.05) is 0 Å². The number of fused-ring (bicyclic) bond motifs is 3. The second kappa shape index (κ2) is 5.42. The zero-order valence-electron chi connectivity index (χ0n) is 11.4. The van der Waals surface area contributed by atoms with Crippen LogP contribution in [0.15, 0.2) is 0 Å². The van der Waals surface area contributed by atoms with E-state index in [-0.39, 0.29) is 0 Å². The molecule has 0 amide bonds. The molecule has 1 nitrogen and oxygen atoms in total. The molecule has 3 rings (SSSR count). The molecule has 0 radical (unpaired) electrons. The fourth-order valence-electron chi connectivity index (χ4n) is 3.89. The summed E-state index contributed by atoms with van der Waals surface area (Å²) in [6.07, 6.45) is 15.3. The lowest BCUT2D eigenvalue weighted by Gasteiger charge is -2.20. The van der Waals surface area contributed by atoms with E-state index in [1.165, 1.54) is 75.3 Å². The molecule has 1 aromatic carbocycles. The molecule has 0 fully saturated rings. The van der Waals surface area contributed by atoms with Crippen LogP contribution >= 0.6 is 0 Å². The Hall–Kier alpha value is -0.850. The van der Waals surface area contributed by atoms with Crippen LogP contribution in [0.5, 0.6) is 5.75 Å². The van der Waals surface area contributed by atoms with Gasteiger partial charge in [-0.2, -0.15) is 11.1 Å². The van der Waals surface area contributed by atoms with Crippen LogP contribution in [0.4, 0.5) is 0 Å². The Morgan fingerprint density at radius 3 is 2.06 bits per heavy atom. The highest BCUT2D eigenvalue weighted by atomic mass is 16.3. The maximum atomic E-state index is 10.6. The van der Waals surface area contributed by atoms with E-state index in [9.17, 15) is 5.11 Å². The highest BCUT2D eigenvalue weighted by Crippen LogP contribution is 2.40. The van der Waals surface area contributed by atoms with Crippen LogP contribution in [0.2, 0.25) is 0 Å². The molecule has 0 unspecified atom stereocenters. The summed E-state index contributed by atoms with van der Waals surface area (Å²) in [5.41, 5.74) is 5.79. The minimum absolute atomic E-state index is 0.698. The molecule has 1 heteroatoms. The zero-order chi connectivity index (χ0) is 12.4. The van der Waals surface area contributed by atoms with Gasteiger partial charge in [-0.05, 0) is 12.2 Å². The number of aromatic hydroxyl groups is 1. The first-order chi connectivity index (χ1) is 8.88. The van der Waals surface area contributed by atoms with Crippen LogP contribution in [0, 0.1) is 0 Å². The molecule has 1 aromatic rings. The van der Waals surface area contributed by atoms with E-state index in [0.29, 0.717) is 5.75 Å². The molecule has 0 saturated heterocycles. The first kappa shape index (κ1) is 12.2. The average Bonchev–Trinajstić information content (AvgIpc) is 2.50. The van der Waals surface area contributed by atoms with Crippen molar-refractivity contribution >= 4 is 0 Å². The normalized spacial score (nSPS) is 21.1. The topological polar surface area (TPSA) is 20.2 Å². The predicted octanol–water partition coefficient (Wildman–Crippen LogP) is 4.43. The monoisotopic (exact) mass is 245 g/mol. The van der Waals surface area contributed by atoms with Gasteiger partial charge in [-0.25, -0.2) is 0 Å². The van der Waals surface area contributed by atoms with Crippen molar-refractivity contribution < 1.29 is 5.11 Å². The third kappa shape index (κ3) is 2.20. The van der Waals surface area contributed by atoms with Crippen LogP contribution in [0.3, 0.4) is 0 Å².